The number of halogens is 1. The van der Waals surface area contributed by atoms with E-state index in [1.165, 1.54) is 4.90 Å². The topological polar surface area (TPSA) is 84.7 Å². The molecule has 1 spiro atoms. The summed E-state index contributed by atoms with van der Waals surface area (Å²) >= 11 is 5.99. The van der Waals surface area contributed by atoms with E-state index in [4.69, 9.17) is 20.9 Å². The van der Waals surface area contributed by atoms with Crippen LogP contribution in [0.25, 0.3) is 0 Å². The second kappa shape index (κ2) is 5.68. The molecule has 138 valence electrons. The first-order valence-corrected chi connectivity index (χ1v) is 9.03. The molecule has 2 amide bonds. The Bertz CT molecular complexity index is 987. The molecule has 0 saturated carbocycles. The van der Waals surface area contributed by atoms with Gasteiger partial charge in [-0.25, -0.2) is 0 Å². The lowest BCUT2D eigenvalue weighted by atomic mass is 9.77. The Morgan fingerprint density at radius 3 is 3.00 bits per heavy atom. The maximum absolute atomic E-state index is 13.1. The van der Waals surface area contributed by atoms with E-state index >= 15 is 0 Å². The van der Waals surface area contributed by atoms with Gasteiger partial charge in [0.05, 0.1) is 24.5 Å². The van der Waals surface area contributed by atoms with Gasteiger partial charge in [0.1, 0.15) is 11.4 Å². The summed E-state index contributed by atoms with van der Waals surface area (Å²) in [6.45, 7) is 2.08. The Kier molecular flexibility index (Phi) is 3.47. The largest absolute Gasteiger partial charge is 0.360 e. The molecule has 4 atom stereocenters. The number of aryl methyl sites for hydroxylation is 1. The minimum absolute atomic E-state index is 0.179. The van der Waals surface area contributed by atoms with Crippen LogP contribution < -0.4 is 10.2 Å². The molecule has 3 aliphatic heterocycles. The van der Waals surface area contributed by atoms with Crippen LogP contribution in [0, 0.1) is 18.8 Å². The number of carbonyl (C=O) groups is 2. The zero-order valence-corrected chi connectivity index (χ0v) is 15.1. The van der Waals surface area contributed by atoms with Crippen molar-refractivity contribution in [2.75, 3.05) is 16.8 Å². The van der Waals surface area contributed by atoms with Gasteiger partial charge in [0.2, 0.25) is 11.8 Å². The van der Waals surface area contributed by atoms with Gasteiger partial charge in [-0.1, -0.05) is 35.0 Å². The van der Waals surface area contributed by atoms with Crippen molar-refractivity contribution in [3.05, 3.63) is 53.3 Å². The first-order valence-electron chi connectivity index (χ1n) is 8.65. The van der Waals surface area contributed by atoms with E-state index in [0.29, 0.717) is 28.8 Å². The number of rotatable bonds is 3. The van der Waals surface area contributed by atoms with Crippen molar-refractivity contribution in [3.8, 4) is 0 Å². The lowest BCUT2D eigenvalue weighted by Gasteiger charge is -2.23. The molecule has 3 aliphatic rings. The van der Waals surface area contributed by atoms with Crippen LogP contribution in [-0.4, -0.2) is 35.2 Å². The van der Waals surface area contributed by atoms with Gasteiger partial charge in [-0.15, -0.1) is 0 Å². The molecule has 1 aromatic heterocycles. The van der Waals surface area contributed by atoms with Gasteiger partial charge >= 0.3 is 0 Å². The van der Waals surface area contributed by atoms with Gasteiger partial charge in [0.25, 0.3) is 0 Å². The molecule has 4 heterocycles. The minimum Gasteiger partial charge on any atom is -0.360 e. The molecule has 8 heteroatoms. The van der Waals surface area contributed by atoms with Crippen LogP contribution >= 0.6 is 11.6 Å². The molecular formula is C19H16ClN3O4. The zero-order chi connectivity index (χ0) is 18.8. The van der Waals surface area contributed by atoms with Gasteiger partial charge in [-0.05, 0) is 25.1 Å². The molecule has 3 unspecified atom stereocenters. The molecule has 5 rings (SSSR count). The molecule has 1 aromatic carbocycles. The Balaban J connectivity index is 1.44. The first-order chi connectivity index (χ1) is 13.0. The Morgan fingerprint density at radius 2 is 2.26 bits per heavy atom. The normalized spacial score (nSPS) is 30.8. The Hall–Kier alpha value is -2.64. The van der Waals surface area contributed by atoms with Crippen molar-refractivity contribution >= 4 is 34.9 Å². The number of nitrogens with zero attached hydrogens (tertiary/aromatic N) is 2. The van der Waals surface area contributed by atoms with E-state index in [0.717, 1.165) is 0 Å². The third-order valence-electron chi connectivity index (χ3n) is 5.39. The lowest BCUT2D eigenvalue weighted by Crippen LogP contribution is -2.41. The average molecular weight is 386 g/mol. The van der Waals surface area contributed by atoms with E-state index in [1.807, 2.05) is 12.2 Å². The minimum atomic E-state index is -0.801. The van der Waals surface area contributed by atoms with Crippen LogP contribution in [0.5, 0.6) is 0 Å². The second-order valence-electron chi connectivity index (χ2n) is 7.12. The number of fused-ring (bicyclic) bond motifs is 1. The van der Waals surface area contributed by atoms with E-state index in [9.17, 15) is 9.59 Å². The van der Waals surface area contributed by atoms with Crippen LogP contribution in [0.15, 0.2) is 47.0 Å². The number of nitrogens with one attached hydrogen (secondary N) is 1. The van der Waals surface area contributed by atoms with Gasteiger partial charge in [0.15, 0.2) is 5.82 Å². The van der Waals surface area contributed by atoms with Crippen LogP contribution in [0.3, 0.4) is 0 Å². The maximum atomic E-state index is 13.1. The van der Waals surface area contributed by atoms with Crippen molar-refractivity contribution in [1.82, 2.24) is 5.16 Å². The molecule has 0 aliphatic carbocycles. The predicted octanol–water partition coefficient (Wildman–Crippen LogP) is 2.56. The number of carbonyl (C=O) groups excluding carboxylic acids is 2. The Morgan fingerprint density at radius 1 is 1.41 bits per heavy atom. The van der Waals surface area contributed by atoms with Crippen LogP contribution in [-0.2, 0) is 14.3 Å². The fourth-order valence-electron chi connectivity index (χ4n) is 4.26. The van der Waals surface area contributed by atoms with E-state index in [2.05, 4.69) is 10.5 Å². The average Bonchev–Trinajstić information content (AvgIpc) is 3.36. The molecule has 2 aromatic rings. The summed E-state index contributed by atoms with van der Waals surface area (Å²) < 4.78 is 11.2. The molecule has 27 heavy (non-hydrogen) atoms. The van der Waals surface area contributed by atoms with Crippen LogP contribution in [0.4, 0.5) is 11.5 Å². The number of ether oxygens (including phenoxy) is 1. The fraction of sp³-hybridized carbons (Fsp3) is 0.316. The van der Waals surface area contributed by atoms with Crippen molar-refractivity contribution in [2.24, 2.45) is 11.8 Å². The van der Waals surface area contributed by atoms with E-state index < -0.39 is 23.5 Å². The standard InChI is InChI=1S/C19H16ClN3O4/c1-10-7-14(22-27-10)23-9-19-6-5-13(26-19)15(16(19)18(23)25)17(24)21-12-4-2-3-11(20)8-12/h2-8,13,15-16H,9H2,1H3,(H,21,24)/t13-,15?,16?,19?/m1/s1. The molecule has 1 N–H and O–H groups in total. The Labute approximate surface area is 159 Å². The molecule has 2 fully saturated rings. The molecule has 7 nitrogen and oxygen atoms in total. The molecule has 2 bridgehead atoms. The van der Waals surface area contributed by atoms with Crippen molar-refractivity contribution < 1.29 is 18.8 Å². The van der Waals surface area contributed by atoms with E-state index in [1.54, 1.807) is 37.3 Å². The summed E-state index contributed by atoms with van der Waals surface area (Å²) in [6, 6.07) is 8.61. The number of amides is 2. The summed E-state index contributed by atoms with van der Waals surface area (Å²) in [7, 11) is 0. The smallest absolute Gasteiger partial charge is 0.235 e. The van der Waals surface area contributed by atoms with Crippen molar-refractivity contribution in [3.63, 3.8) is 0 Å². The number of anilines is 2. The maximum Gasteiger partial charge on any atom is 0.235 e. The van der Waals surface area contributed by atoms with Gasteiger partial charge in [-0.3, -0.25) is 14.5 Å². The molecule has 0 radical (unpaired) electrons. The van der Waals surface area contributed by atoms with Crippen LogP contribution in [0.1, 0.15) is 5.76 Å². The highest BCUT2D eigenvalue weighted by molar-refractivity contribution is 6.30. The highest BCUT2D eigenvalue weighted by atomic mass is 35.5. The summed E-state index contributed by atoms with van der Waals surface area (Å²) in [5, 5.41) is 7.32. The SMILES string of the molecule is Cc1cc(N2CC34C=C[C@@H](O3)C(C(=O)Nc3cccc(Cl)c3)C4C2=O)no1. The lowest BCUT2D eigenvalue weighted by molar-refractivity contribution is -0.128. The molecule has 2 saturated heterocycles. The third-order valence-corrected chi connectivity index (χ3v) is 5.62. The van der Waals surface area contributed by atoms with Gasteiger partial charge in [-0.2, -0.15) is 0 Å². The quantitative estimate of drug-likeness (QED) is 0.821. The van der Waals surface area contributed by atoms with Crippen molar-refractivity contribution in [2.45, 2.75) is 18.6 Å². The summed E-state index contributed by atoms with van der Waals surface area (Å²) in [6.07, 6.45) is 3.35. The van der Waals surface area contributed by atoms with E-state index in [-0.39, 0.29) is 11.8 Å². The number of benzene rings is 1. The summed E-state index contributed by atoms with van der Waals surface area (Å²) in [4.78, 5) is 27.6. The third kappa shape index (κ3) is 2.42. The summed E-state index contributed by atoms with van der Waals surface area (Å²) in [5.74, 6) is -0.589. The first kappa shape index (κ1) is 16.5. The van der Waals surface area contributed by atoms with Crippen molar-refractivity contribution in [1.29, 1.82) is 0 Å². The van der Waals surface area contributed by atoms with Gasteiger partial charge in [0, 0.05) is 16.8 Å². The number of hydrogen-bond donors (Lipinski definition) is 1. The van der Waals surface area contributed by atoms with Gasteiger partial charge < -0.3 is 14.6 Å². The monoisotopic (exact) mass is 385 g/mol. The fourth-order valence-corrected chi connectivity index (χ4v) is 4.45. The predicted molar refractivity (Wildman–Crippen MR) is 97.4 cm³/mol. The highest BCUT2D eigenvalue weighted by Gasteiger charge is 2.67. The zero-order valence-electron chi connectivity index (χ0n) is 14.4. The summed E-state index contributed by atoms with van der Waals surface area (Å²) in [5.41, 5.74) is -0.215. The molecular weight excluding hydrogens is 370 g/mol. The number of hydrogen-bond acceptors (Lipinski definition) is 5. The number of aromatic nitrogens is 1. The second-order valence-corrected chi connectivity index (χ2v) is 7.56. The van der Waals surface area contributed by atoms with Crippen LogP contribution in [0.2, 0.25) is 5.02 Å². The highest BCUT2D eigenvalue weighted by Crippen LogP contribution is 2.52.